The highest BCUT2D eigenvalue weighted by atomic mass is 19.1. The first-order chi connectivity index (χ1) is 17.6. The Labute approximate surface area is 207 Å². The van der Waals surface area contributed by atoms with Gasteiger partial charge in [-0.3, -0.25) is 9.59 Å². The summed E-state index contributed by atoms with van der Waals surface area (Å²) in [5.74, 6) is -0.0651. The molecule has 3 aromatic rings. The number of hydrogen-bond donors (Lipinski definition) is 1. The molecule has 1 saturated carbocycles. The van der Waals surface area contributed by atoms with Crippen LogP contribution in [0.2, 0.25) is 0 Å². The van der Waals surface area contributed by atoms with Crippen LogP contribution in [0.15, 0.2) is 59.1 Å². The number of nitrogens with zero attached hydrogens (tertiary/aromatic N) is 3. The number of morpholine rings is 1. The summed E-state index contributed by atoms with van der Waals surface area (Å²) in [7, 11) is 0. The molecule has 188 valence electrons. The van der Waals surface area contributed by atoms with Gasteiger partial charge in [0.15, 0.2) is 6.61 Å². The monoisotopic (exact) mass is 494 g/mol. The van der Waals surface area contributed by atoms with Crippen molar-refractivity contribution in [1.82, 2.24) is 20.4 Å². The van der Waals surface area contributed by atoms with Crippen LogP contribution in [0.1, 0.15) is 24.7 Å². The van der Waals surface area contributed by atoms with E-state index in [9.17, 15) is 14.0 Å². The first-order valence-corrected chi connectivity index (χ1v) is 12.0. The molecule has 0 bridgehead atoms. The Bertz CT molecular complexity index is 1180. The Hall–Kier alpha value is -3.79. The molecule has 5 rings (SSSR count). The quantitative estimate of drug-likeness (QED) is 0.538. The number of nitrogens with one attached hydrogen (secondary N) is 1. The van der Waals surface area contributed by atoms with E-state index in [1.54, 1.807) is 0 Å². The Morgan fingerprint density at radius 2 is 1.81 bits per heavy atom. The number of ether oxygens (including phenoxy) is 2. The minimum absolute atomic E-state index is 0.0467. The molecular formula is C26H27FN4O5. The zero-order valence-corrected chi connectivity index (χ0v) is 19.6. The maximum absolute atomic E-state index is 13.2. The second-order valence-corrected chi connectivity index (χ2v) is 8.95. The van der Waals surface area contributed by atoms with Crippen molar-refractivity contribution in [3.63, 3.8) is 0 Å². The van der Waals surface area contributed by atoms with E-state index in [0.717, 1.165) is 5.56 Å². The maximum atomic E-state index is 13.2. The van der Waals surface area contributed by atoms with E-state index >= 15 is 0 Å². The molecule has 9 nitrogen and oxygen atoms in total. The van der Waals surface area contributed by atoms with E-state index in [2.05, 4.69) is 15.5 Å². The summed E-state index contributed by atoms with van der Waals surface area (Å²) in [4.78, 5) is 32.3. The van der Waals surface area contributed by atoms with E-state index in [1.807, 2.05) is 35.2 Å². The summed E-state index contributed by atoms with van der Waals surface area (Å²) in [6.45, 7) is 1.91. The second-order valence-electron chi connectivity index (χ2n) is 8.95. The highest BCUT2D eigenvalue weighted by Crippen LogP contribution is 2.39. The van der Waals surface area contributed by atoms with Crippen LogP contribution in [0.25, 0.3) is 11.4 Å². The van der Waals surface area contributed by atoms with Crippen molar-refractivity contribution < 1.29 is 28.0 Å². The molecule has 1 saturated heterocycles. The Kier molecular flexibility index (Phi) is 7.22. The summed E-state index contributed by atoms with van der Waals surface area (Å²) >= 11 is 0. The van der Waals surface area contributed by atoms with Gasteiger partial charge in [0.25, 0.3) is 5.91 Å². The molecule has 2 heterocycles. The molecule has 0 radical (unpaired) electrons. The lowest BCUT2D eigenvalue weighted by atomic mass is 10.0. The number of carbonyl (C=O) groups excluding carboxylic acids is 2. The minimum atomic E-state index is -0.383. The van der Waals surface area contributed by atoms with Crippen LogP contribution in [0.5, 0.6) is 5.75 Å². The summed E-state index contributed by atoms with van der Waals surface area (Å²) in [6.07, 6.45) is 0.933. The zero-order valence-electron chi connectivity index (χ0n) is 19.6. The molecule has 1 aliphatic heterocycles. The van der Waals surface area contributed by atoms with Crippen LogP contribution in [0, 0.1) is 11.7 Å². The fourth-order valence-electron chi connectivity index (χ4n) is 4.73. The van der Waals surface area contributed by atoms with Gasteiger partial charge < -0.3 is 24.2 Å². The van der Waals surface area contributed by atoms with Crippen molar-refractivity contribution in [2.24, 2.45) is 5.92 Å². The van der Waals surface area contributed by atoms with E-state index in [4.69, 9.17) is 14.0 Å². The van der Waals surface area contributed by atoms with Crippen molar-refractivity contribution in [3.8, 4) is 17.1 Å². The molecule has 2 fully saturated rings. The Morgan fingerprint density at radius 3 is 2.56 bits per heavy atom. The van der Waals surface area contributed by atoms with Gasteiger partial charge in [-0.1, -0.05) is 35.5 Å². The van der Waals surface area contributed by atoms with Gasteiger partial charge in [-0.05, 0) is 37.1 Å². The van der Waals surface area contributed by atoms with Crippen LogP contribution in [0.4, 0.5) is 4.39 Å². The average Bonchev–Trinajstić information content (AvgIpc) is 3.57. The third kappa shape index (κ3) is 5.54. The fraction of sp³-hybridized carbons (Fsp3) is 0.385. The number of halogens is 1. The summed E-state index contributed by atoms with van der Waals surface area (Å²) in [5, 5.41) is 7.11. The van der Waals surface area contributed by atoms with E-state index in [0.29, 0.717) is 56.6 Å². The molecule has 2 aliphatic rings. The predicted octanol–water partition coefficient (Wildman–Crippen LogP) is 2.79. The van der Waals surface area contributed by atoms with Gasteiger partial charge in [0, 0.05) is 30.6 Å². The first-order valence-electron chi connectivity index (χ1n) is 12.0. The highest BCUT2D eigenvalue weighted by molar-refractivity contribution is 5.81. The molecule has 0 unspecified atom stereocenters. The summed E-state index contributed by atoms with van der Waals surface area (Å²) in [6, 6.07) is 14.5. The van der Waals surface area contributed by atoms with Gasteiger partial charge in [0.1, 0.15) is 11.6 Å². The zero-order chi connectivity index (χ0) is 24.9. The van der Waals surface area contributed by atoms with Gasteiger partial charge in [-0.15, -0.1) is 0 Å². The van der Waals surface area contributed by atoms with E-state index in [1.165, 1.54) is 24.3 Å². The molecule has 1 aromatic heterocycles. The standard InChI is InChI=1S/C26H27FN4O5/c27-19-6-8-20(9-7-19)35-16-23(32)28-22-15-18(26(33)31-10-12-34-13-11-31)14-21(22)25-29-24(30-36-25)17-4-2-1-3-5-17/h1-9,18,21-22H,10-16H2,(H,28,32)/t18-,21-,22+/m1/s1. The van der Waals surface area contributed by atoms with Crippen LogP contribution in [0.3, 0.4) is 0 Å². The van der Waals surface area contributed by atoms with Crippen molar-refractivity contribution >= 4 is 11.8 Å². The molecule has 1 aliphatic carbocycles. The lowest BCUT2D eigenvalue weighted by Gasteiger charge is -2.29. The molecule has 36 heavy (non-hydrogen) atoms. The summed E-state index contributed by atoms with van der Waals surface area (Å²) in [5.41, 5.74) is 0.819. The number of benzene rings is 2. The van der Waals surface area contributed by atoms with Gasteiger partial charge in [0.05, 0.1) is 19.1 Å². The maximum Gasteiger partial charge on any atom is 0.258 e. The normalized spacial score (nSPS) is 21.8. The lowest BCUT2D eigenvalue weighted by molar-refractivity contribution is -0.139. The van der Waals surface area contributed by atoms with Gasteiger partial charge in [-0.2, -0.15) is 4.98 Å². The third-order valence-corrected chi connectivity index (χ3v) is 6.56. The molecular weight excluding hydrogens is 467 g/mol. The van der Waals surface area contributed by atoms with E-state index < -0.39 is 0 Å². The predicted molar refractivity (Wildman–Crippen MR) is 126 cm³/mol. The van der Waals surface area contributed by atoms with Gasteiger partial charge >= 0.3 is 0 Å². The van der Waals surface area contributed by atoms with Gasteiger partial charge in [-0.25, -0.2) is 4.39 Å². The highest BCUT2D eigenvalue weighted by Gasteiger charge is 2.43. The number of hydrogen-bond acceptors (Lipinski definition) is 7. The second kappa shape index (κ2) is 10.9. The SMILES string of the molecule is O=C(COc1ccc(F)cc1)N[C@H]1C[C@H](C(=O)N2CCOCC2)C[C@H]1c1nc(-c2ccccc2)no1. The average molecular weight is 495 g/mol. The molecule has 0 spiro atoms. The number of carbonyl (C=O) groups is 2. The van der Waals surface area contributed by atoms with Gasteiger partial charge in [0.2, 0.25) is 17.6 Å². The number of rotatable bonds is 7. The van der Waals surface area contributed by atoms with Crippen LogP contribution in [-0.4, -0.2) is 65.8 Å². The topological polar surface area (TPSA) is 107 Å². The molecule has 2 amide bonds. The largest absolute Gasteiger partial charge is 0.484 e. The molecule has 2 aromatic carbocycles. The Morgan fingerprint density at radius 1 is 1.06 bits per heavy atom. The Balaban J connectivity index is 1.30. The van der Waals surface area contributed by atoms with Crippen molar-refractivity contribution in [1.29, 1.82) is 0 Å². The van der Waals surface area contributed by atoms with Crippen LogP contribution >= 0.6 is 0 Å². The van der Waals surface area contributed by atoms with Crippen LogP contribution in [-0.2, 0) is 14.3 Å². The smallest absolute Gasteiger partial charge is 0.258 e. The molecule has 10 heteroatoms. The molecule has 1 N–H and O–H groups in total. The fourth-order valence-corrected chi connectivity index (χ4v) is 4.73. The summed E-state index contributed by atoms with van der Waals surface area (Å²) < 4.78 is 29.6. The number of amides is 2. The first kappa shape index (κ1) is 23.9. The number of aromatic nitrogens is 2. The van der Waals surface area contributed by atoms with Crippen molar-refractivity contribution in [3.05, 3.63) is 66.3 Å². The van der Waals surface area contributed by atoms with Crippen molar-refractivity contribution in [2.75, 3.05) is 32.9 Å². The van der Waals surface area contributed by atoms with E-state index in [-0.39, 0.29) is 42.1 Å². The third-order valence-electron chi connectivity index (χ3n) is 6.56. The lowest BCUT2D eigenvalue weighted by Crippen LogP contribution is -2.44. The van der Waals surface area contributed by atoms with Crippen LogP contribution < -0.4 is 10.1 Å². The molecule has 3 atom stereocenters. The minimum Gasteiger partial charge on any atom is -0.484 e. The van der Waals surface area contributed by atoms with Crippen molar-refractivity contribution in [2.45, 2.75) is 24.8 Å².